The van der Waals surface area contributed by atoms with Crippen LogP contribution in [0, 0.1) is 0 Å². The molecule has 13 heavy (non-hydrogen) atoms. The molecule has 1 aromatic heterocycles. The normalized spacial score (nSPS) is 19.4. The molecule has 0 aromatic carbocycles. The molecule has 1 aromatic rings. The minimum Gasteiger partial charge on any atom is -0.481 e. The van der Waals surface area contributed by atoms with Gasteiger partial charge in [-0.15, -0.1) is 0 Å². The lowest BCUT2D eigenvalue weighted by atomic mass is 9.79. The standard InChI is InChI=1S/C9H11NO3/c11-8(12)4-9(5-13-6-9)7-2-1-3-10-7/h1-3,10H,4-6H2,(H,11,12). The molecule has 2 rings (SSSR count). The van der Waals surface area contributed by atoms with Crippen molar-refractivity contribution < 1.29 is 14.6 Å². The van der Waals surface area contributed by atoms with Crippen molar-refractivity contribution in [2.45, 2.75) is 11.8 Å². The van der Waals surface area contributed by atoms with E-state index < -0.39 is 5.97 Å². The van der Waals surface area contributed by atoms with Gasteiger partial charge in [0.15, 0.2) is 0 Å². The largest absolute Gasteiger partial charge is 0.481 e. The first-order valence-corrected chi connectivity index (χ1v) is 4.16. The average Bonchev–Trinajstić information content (AvgIpc) is 2.48. The van der Waals surface area contributed by atoms with Crippen LogP contribution in [0.2, 0.25) is 0 Å². The summed E-state index contributed by atoms with van der Waals surface area (Å²) < 4.78 is 5.08. The maximum atomic E-state index is 10.6. The quantitative estimate of drug-likeness (QED) is 0.723. The Morgan fingerprint density at radius 2 is 2.46 bits per heavy atom. The van der Waals surface area contributed by atoms with Gasteiger partial charge >= 0.3 is 5.97 Å². The smallest absolute Gasteiger partial charge is 0.304 e. The van der Waals surface area contributed by atoms with Gasteiger partial charge in [-0.3, -0.25) is 4.79 Å². The van der Waals surface area contributed by atoms with Gasteiger partial charge in [0.2, 0.25) is 0 Å². The first-order valence-electron chi connectivity index (χ1n) is 4.16. The molecule has 2 heterocycles. The maximum absolute atomic E-state index is 10.6. The molecule has 1 aliphatic heterocycles. The second-order valence-electron chi connectivity index (χ2n) is 3.43. The van der Waals surface area contributed by atoms with Crippen LogP contribution in [0.1, 0.15) is 12.1 Å². The van der Waals surface area contributed by atoms with Gasteiger partial charge in [0.1, 0.15) is 0 Å². The van der Waals surface area contributed by atoms with E-state index in [4.69, 9.17) is 9.84 Å². The molecule has 1 aliphatic rings. The van der Waals surface area contributed by atoms with Gasteiger partial charge in [0.05, 0.1) is 25.0 Å². The zero-order valence-corrected chi connectivity index (χ0v) is 7.12. The Kier molecular flexibility index (Phi) is 1.84. The summed E-state index contributed by atoms with van der Waals surface area (Å²) in [6.07, 6.45) is 1.94. The van der Waals surface area contributed by atoms with Crippen molar-refractivity contribution in [2.75, 3.05) is 13.2 Å². The zero-order chi connectivity index (χ0) is 9.31. The van der Waals surface area contributed by atoms with Gasteiger partial charge in [0, 0.05) is 11.9 Å². The molecule has 70 valence electrons. The van der Waals surface area contributed by atoms with E-state index in [1.807, 2.05) is 12.1 Å². The summed E-state index contributed by atoms with van der Waals surface area (Å²) in [5, 5.41) is 8.74. The van der Waals surface area contributed by atoms with E-state index in [2.05, 4.69) is 4.98 Å². The fourth-order valence-corrected chi connectivity index (χ4v) is 1.65. The van der Waals surface area contributed by atoms with Gasteiger partial charge in [-0.05, 0) is 12.1 Å². The molecule has 0 bridgehead atoms. The number of carboxylic acid groups (broad SMARTS) is 1. The molecule has 0 saturated carbocycles. The second-order valence-corrected chi connectivity index (χ2v) is 3.43. The van der Waals surface area contributed by atoms with Gasteiger partial charge in [-0.2, -0.15) is 0 Å². The van der Waals surface area contributed by atoms with Crippen LogP contribution in [-0.4, -0.2) is 29.3 Å². The van der Waals surface area contributed by atoms with Crippen molar-refractivity contribution in [3.05, 3.63) is 24.0 Å². The van der Waals surface area contributed by atoms with Crippen molar-refractivity contribution in [1.29, 1.82) is 0 Å². The van der Waals surface area contributed by atoms with E-state index in [9.17, 15) is 4.79 Å². The lowest BCUT2D eigenvalue weighted by Crippen LogP contribution is -2.48. The van der Waals surface area contributed by atoms with Gasteiger partial charge in [-0.25, -0.2) is 0 Å². The number of aromatic amines is 1. The number of aliphatic carboxylic acids is 1. The second kappa shape index (κ2) is 2.88. The highest BCUT2D eigenvalue weighted by molar-refractivity contribution is 5.69. The van der Waals surface area contributed by atoms with Gasteiger partial charge < -0.3 is 14.8 Å². The van der Waals surface area contributed by atoms with Crippen LogP contribution >= 0.6 is 0 Å². The Hall–Kier alpha value is -1.29. The van der Waals surface area contributed by atoms with Gasteiger partial charge in [0.25, 0.3) is 0 Å². The molecule has 0 radical (unpaired) electrons. The van der Waals surface area contributed by atoms with E-state index in [1.54, 1.807) is 6.20 Å². The van der Waals surface area contributed by atoms with Crippen molar-refractivity contribution >= 4 is 5.97 Å². The lowest BCUT2D eigenvalue weighted by Gasteiger charge is -2.39. The molecule has 1 fully saturated rings. The maximum Gasteiger partial charge on any atom is 0.304 e. The Morgan fingerprint density at radius 1 is 1.69 bits per heavy atom. The fraction of sp³-hybridized carbons (Fsp3) is 0.444. The van der Waals surface area contributed by atoms with Crippen molar-refractivity contribution in [2.24, 2.45) is 0 Å². The number of H-pyrrole nitrogens is 1. The topological polar surface area (TPSA) is 62.3 Å². The molecule has 4 heteroatoms. The first kappa shape index (κ1) is 8.31. The summed E-state index contributed by atoms with van der Waals surface area (Å²) in [6, 6.07) is 3.78. The third-order valence-electron chi connectivity index (χ3n) is 2.42. The number of rotatable bonds is 3. The highest BCUT2D eigenvalue weighted by Gasteiger charge is 2.43. The van der Waals surface area contributed by atoms with Crippen LogP contribution in [-0.2, 0) is 14.9 Å². The van der Waals surface area contributed by atoms with Crippen LogP contribution in [0.5, 0.6) is 0 Å². The third kappa shape index (κ3) is 1.33. The number of hydrogen-bond acceptors (Lipinski definition) is 2. The van der Waals surface area contributed by atoms with E-state index in [-0.39, 0.29) is 11.8 Å². The van der Waals surface area contributed by atoms with Crippen molar-refractivity contribution in [1.82, 2.24) is 4.98 Å². The zero-order valence-electron chi connectivity index (χ0n) is 7.12. The molecule has 0 spiro atoms. The summed E-state index contributed by atoms with van der Waals surface area (Å²) in [7, 11) is 0. The van der Waals surface area contributed by atoms with E-state index in [0.29, 0.717) is 13.2 Å². The summed E-state index contributed by atoms with van der Waals surface area (Å²) in [4.78, 5) is 13.7. The first-order chi connectivity index (χ1) is 6.23. The molecule has 0 atom stereocenters. The van der Waals surface area contributed by atoms with E-state index >= 15 is 0 Å². The highest BCUT2D eigenvalue weighted by atomic mass is 16.5. The average molecular weight is 181 g/mol. The monoisotopic (exact) mass is 181 g/mol. The molecule has 0 amide bonds. The number of carbonyl (C=O) groups is 1. The van der Waals surface area contributed by atoms with Crippen LogP contribution in [0.4, 0.5) is 0 Å². The van der Waals surface area contributed by atoms with Crippen molar-refractivity contribution in [3.63, 3.8) is 0 Å². The van der Waals surface area contributed by atoms with Crippen molar-refractivity contribution in [3.8, 4) is 0 Å². The van der Waals surface area contributed by atoms with Crippen LogP contribution < -0.4 is 0 Å². The predicted octanol–water partition coefficient (Wildman–Crippen LogP) is 0.757. The predicted molar refractivity (Wildman–Crippen MR) is 45.5 cm³/mol. The summed E-state index contributed by atoms with van der Waals surface area (Å²) in [5.41, 5.74) is 0.649. The lowest BCUT2D eigenvalue weighted by molar-refractivity contribution is -0.145. The molecule has 0 aliphatic carbocycles. The molecule has 1 saturated heterocycles. The summed E-state index contributed by atoms with van der Waals surface area (Å²) in [5.74, 6) is -0.780. The Bertz CT molecular complexity index is 301. The molecule has 4 nitrogen and oxygen atoms in total. The SMILES string of the molecule is O=C(O)CC1(c2ccc[nH]2)COC1. The van der Waals surface area contributed by atoms with E-state index in [1.165, 1.54) is 0 Å². The highest BCUT2D eigenvalue weighted by Crippen LogP contribution is 2.34. The molecular weight excluding hydrogens is 170 g/mol. The number of ether oxygens (including phenoxy) is 1. The molecular formula is C9H11NO3. The number of aromatic nitrogens is 1. The Balaban J connectivity index is 2.20. The molecule has 0 unspecified atom stereocenters. The Morgan fingerprint density at radius 3 is 2.85 bits per heavy atom. The minimum atomic E-state index is -0.780. The molecule has 2 N–H and O–H groups in total. The fourth-order valence-electron chi connectivity index (χ4n) is 1.65. The third-order valence-corrected chi connectivity index (χ3v) is 2.42. The van der Waals surface area contributed by atoms with E-state index in [0.717, 1.165) is 5.69 Å². The number of hydrogen-bond donors (Lipinski definition) is 2. The van der Waals surface area contributed by atoms with Crippen LogP contribution in [0.3, 0.4) is 0 Å². The van der Waals surface area contributed by atoms with Crippen LogP contribution in [0.15, 0.2) is 18.3 Å². The minimum absolute atomic E-state index is 0.132. The Labute approximate surface area is 75.5 Å². The number of carboxylic acids is 1. The summed E-state index contributed by atoms with van der Waals surface area (Å²) in [6.45, 7) is 1.000. The van der Waals surface area contributed by atoms with Crippen LogP contribution in [0.25, 0.3) is 0 Å². The number of nitrogens with one attached hydrogen (secondary N) is 1. The van der Waals surface area contributed by atoms with Gasteiger partial charge in [-0.1, -0.05) is 0 Å². The summed E-state index contributed by atoms with van der Waals surface area (Å²) >= 11 is 0.